The topological polar surface area (TPSA) is 191 Å². The Hall–Kier alpha value is -0.320. The summed E-state index contributed by atoms with van der Waals surface area (Å²) in [5, 5.41) is 47.6. The summed E-state index contributed by atoms with van der Waals surface area (Å²) in [6, 6.07) is 8.22. The quantitative estimate of drug-likeness (QED) is 0.111. The van der Waals surface area contributed by atoms with Crippen molar-refractivity contribution in [3.8, 4) is 0 Å². The summed E-state index contributed by atoms with van der Waals surface area (Å²) in [7, 11) is -7.56. The molecule has 0 amide bonds. The standard InChI is InChI=1S/C15H28O5P2.C10H20O5/c1-2-3-4-5-6-7-11-14-22(18,19,20-21(16)17)15-12-9-8-10-13-15;11-4-8-2-1-3-10(15,7-14)9(8,5-12)6-13/h8-10,12-13,16-19H,2-7,11,14H2,1H3;8,11-15H,1-7H2. The number of aliphatic hydroxyl groups is 5. The predicted octanol–water partition coefficient (Wildman–Crippen LogP) is 2.05. The molecule has 1 aromatic rings. The van der Waals surface area contributed by atoms with Crippen molar-refractivity contribution in [3.63, 3.8) is 0 Å². The monoisotopic (exact) mass is 570 g/mol. The first-order valence-corrected chi connectivity index (χ1v) is 16.5. The molecule has 1 aliphatic rings. The fourth-order valence-corrected chi connectivity index (χ4v) is 8.86. The Morgan fingerprint density at radius 2 is 1.46 bits per heavy atom. The van der Waals surface area contributed by atoms with Crippen molar-refractivity contribution >= 4 is 21.2 Å². The summed E-state index contributed by atoms with van der Waals surface area (Å²) in [6.45, 7) is 0.575. The van der Waals surface area contributed by atoms with Crippen molar-refractivity contribution in [2.45, 2.75) is 76.7 Å². The van der Waals surface area contributed by atoms with Crippen molar-refractivity contribution < 1.29 is 49.4 Å². The van der Waals surface area contributed by atoms with Crippen LogP contribution in [0.5, 0.6) is 0 Å². The molecule has 0 heterocycles. The zero-order valence-corrected chi connectivity index (χ0v) is 23.7. The molecule has 2 rings (SSSR count). The van der Waals surface area contributed by atoms with Gasteiger partial charge in [0.15, 0.2) is 0 Å². The molecular weight excluding hydrogens is 522 g/mol. The van der Waals surface area contributed by atoms with E-state index in [0.29, 0.717) is 25.7 Å². The molecule has 37 heavy (non-hydrogen) atoms. The van der Waals surface area contributed by atoms with Crippen molar-refractivity contribution in [2.75, 3.05) is 32.6 Å². The van der Waals surface area contributed by atoms with Crippen molar-refractivity contribution in [2.24, 2.45) is 11.3 Å². The fraction of sp³-hybridized carbons (Fsp3) is 0.760. The summed E-state index contributed by atoms with van der Waals surface area (Å²) in [4.78, 5) is 39.7. The van der Waals surface area contributed by atoms with E-state index >= 15 is 0 Å². The minimum Gasteiger partial charge on any atom is -0.396 e. The van der Waals surface area contributed by atoms with E-state index in [1.54, 1.807) is 30.3 Å². The van der Waals surface area contributed by atoms with Crippen molar-refractivity contribution in [1.29, 1.82) is 0 Å². The molecule has 9 N–H and O–H groups in total. The smallest absolute Gasteiger partial charge is 0.0980 e. The van der Waals surface area contributed by atoms with Crippen LogP contribution in [0.4, 0.5) is 0 Å². The van der Waals surface area contributed by atoms with Crippen LogP contribution in [-0.2, 0) is 4.31 Å². The van der Waals surface area contributed by atoms with Gasteiger partial charge < -0.3 is 25.5 Å². The zero-order chi connectivity index (χ0) is 28.0. The Morgan fingerprint density at radius 3 is 1.95 bits per heavy atom. The number of benzene rings is 1. The van der Waals surface area contributed by atoms with Gasteiger partial charge in [0.2, 0.25) is 0 Å². The number of aliphatic hydroxyl groups excluding tert-OH is 4. The van der Waals surface area contributed by atoms with Crippen LogP contribution in [-0.4, -0.2) is 83.3 Å². The molecule has 0 bridgehead atoms. The van der Waals surface area contributed by atoms with Gasteiger partial charge >= 0.3 is 133 Å². The molecule has 1 aliphatic carbocycles. The summed E-state index contributed by atoms with van der Waals surface area (Å²) in [6.07, 6.45) is 8.91. The van der Waals surface area contributed by atoms with E-state index in [1.807, 2.05) is 0 Å². The third-order valence-electron chi connectivity index (χ3n) is 7.58. The first kappa shape index (κ1) is 34.7. The maximum Gasteiger partial charge on any atom is 0.0980 e. The van der Waals surface area contributed by atoms with Gasteiger partial charge in [-0.2, -0.15) is 0 Å². The summed E-state index contributed by atoms with van der Waals surface area (Å²) in [5.74, 6) is -0.376. The SMILES string of the molecule is CCCCCCCCCP(O)(O)(OP(O)O)c1ccccc1.OCC1CCCC(O)(CO)C1(CO)CO. The van der Waals surface area contributed by atoms with Crippen LogP contribution in [0.1, 0.15) is 71.1 Å². The Kier molecular flexibility index (Phi) is 15.1. The second-order valence-corrected chi connectivity index (χ2v) is 14.4. The van der Waals surface area contributed by atoms with Gasteiger partial charge in [-0.25, -0.2) is 0 Å². The molecule has 12 heteroatoms. The Bertz CT molecular complexity index is 748. The van der Waals surface area contributed by atoms with E-state index in [1.165, 1.54) is 19.3 Å². The molecule has 0 spiro atoms. The fourth-order valence-electron chi connectivity index (χ4n) is 5.10. The van der Waals surface area contributed by atoms with Crippen molar-refractivity contribution in [3.05, 3.63) is 30.3 Å². The van der Waals surface area contributed by atoms with E-state index < -0.39 is 46.7 Å². The molecule has 0 radical (unpaired) electrons. The van der Waals surface area contributed by atoms with Crippen LogP contribution in [0.2, 0.25) is 0 Å². The molecule has 10 nitrogen and oxygen atoms in total. The average Bonchev–Trinajstić information content (AvgIpc) is 2.88. The Morgan fingerprint density at radius 1 is 0.892 bits per heavy atom. The molecular formula is C25H48O10P2. The number of hydrogen-bond acceptors (Lipinski definition) is 10. The van der Waals surface area contributed by atoms with Crippen molar-refractivity contribution in [1.82, 2.24) is 0 Å². The molecule has 0 aliphatic heterocycles. The zero-order valence-electron chi connectivity index (χ0n) is 21.9. The molecule has 1 aromatic carbocycles. The second kappa shape index (κ2) is 16.1. The Balaban J connectivity index is 0.000000397. The minimum atomic E-state index is -4.72. The third kappa shape index (κ3) is 9.38. The van der Waals surface area contributed by atoms with Gasteiger partial charge in [0.1, 0.15) is 0 Å². The van der Waals surface area contributed by atoms with Crippen LogP contribution in [0.25, 0.3) is 0 Å². The molecule has 0 aromatic heterocycles. The predicted molar refractivity (Wildman–Crippen MR) is 146 cm³/mol. The van der Waals surface area contributed by atoms with Crippen LogP contribution >= 0.6 is 15.9 Å². The first-order chi connectivity index (χ1) is 17.5. The summed E-state index contributed by atoms with van der Waals surface area (Å²) >= 11 is 0. The third-order valence-corrected chi connectivity index (χ3v) is 12.0. The van der Waals surface area contributed by atoms with Gasteiger partial charge in [-0.15, -0.1) is 0 Å². The maximum atomic E-state index is 10.7. The number of unbranched alkanes of at least 4 members (excludes halogenated alkanes) is 6. The molecule has 2 unspecified atom stereocenters. The molecule has 218 valence electrons. The summed E-state index contributed by atoms with van der Waals surface area (Å²) in [5.41, 5.74) is -2.70. The average molecular weight is 571 g/mol. The van der Waals surface area contributed by atoms with E-state index in [-0.39, 0.29) is 24.0 Å². The van der Waals surface area contributed by atoms with Gasteiger partial charge in [-0.1, -0.05) is 6.42 Å². The Labute approximate surface area is 221 Å². The largest absolute Gasteiger partial charge is 0.396 e. The number of hydrogen-bond donors (Lipinski definition) is 9. The van der Waals surface area contributed by atoms with E-state index in [9.17, 15) is 35.3 Å². The molecule has 2 atom stereocenters. The maximum absolute atomic E-state index is 10.7. The van der Waals surface area contributed by atoms with Crippen LogP contribution < -0.4 is 5.30 Å². The molecule has 1 saturated carbocycles. The van der Waals surface area contributed by atoms with Crippen LogP contribution in [0.15, 0.2) is 30.3 Å². The van der Waals surface area contributed by atoms with E-state index in [0.717, 1.165) is 19.3 Å². The molecule has 0 saturated heterocycles. The van der Waals surface area contributed by atoms with Crippen LogP contribution in [0, 0.1) is 11.3 Å². The number of rotatable bonds is 15. The summed E-state index contributed by atoms with van der Waals surface area (Å²) < 4.78 is 4.87. The van der Waals surface area contributed by atoms with Gasteiger partial charge in [0.05, 0.1) is 30.8 Å². The van der Waals surface area contributed by atoms with Gasteiger partial charge in [-0.3, -0.25) is 0 Å². The van der Waals surface area contributed by atoms with Gasteiger partial charge in [-0.05, 0) is 18.8 Å². The van der Waals surface area contributed by atoms with Crippen LogP contribution in [0.3, 0.4) is 0 Å². The van der Waals surface area contributed by atoms with Gasteiger partial charge in [0.25, 0.3) is 0 Å². The second-order valence-electron chi connectivity index (χ2n) is 10.1. The van der Waals surface area contributed by atoms with E-state index in [2.05, 4.69) is 6.92 Å². The molecule has 1 fully saturated rings. The first-order valence-electron chi connectivity index (χ1n) is 13.1. The normalized spacial score (nSPS) is 22.7. The van der Waals surface area contributed by atoms with Gasteiger partial charge in [0, 0.05) is 6.61 Å². The minimum absolute atomic E-state index is 0.0172. The van der Waals surface area contributed by atoms with E-state index in [4.69, 9.17) is 14.1 Å².